The molecule has 0 amide bonds. The van der Waals surface area contributed by atoms with E-state index in [2.05, 4.69) is 70.1 Å². The number of benzene rings is 1. The van der Waals surface area contributed by atoms with Gasteiger partial charge in [0.2, 0.25) is 0 Å². The average Bonchev–Trinajstić information content (AvgIpc) is 2.31. The number of nitrogens with one attached hydrogen (secondary N) is 1. The molecule has 1 N–H and O–H groups in total. The first-order chi connectivity index (χ1) is 8.75. The van der Waals surface area contributed by atoms with E-state index in [1.54, 1.807) is 0 Å². The summed E-state index contributed by atoms with van der Waals surface area (Å²) in [6, 6.07) is 6.87. The van der Waals surface area contributed by atoms with Crippen LogP contribution in [0.5, 0.6) is 0 Å². The van der Waals surface area contributed by atoms with E-state index in [0.717, 1.165) is 13.1 Å². The van der Waals surface area contributed by atoms with Crippen LogP contribution in [-0.2, 0) is 6.54 Å². The maximum absolute atomic E-state index is 3.36. The van der Waals surface area contributed by atoms with E-state index >= 15 is 0 Å². The van der Waals surface area contributed by atoms with Gasteiger partial charge in [-0.25, -0.2) is 0 Å². The standard InChI is InChI=1S/C17H30N2/c1-13(2)15-9-8-14(3)16(10-15)11-19(7)12-17(4,5)18-6/h8-10,13,18H,11-12H2,1-7H3. The largest absolute Gasteiger partial charge is 0.314 e. The van der Waals surface area contributed by atoms with Crippen molar-refractivity contribution in [3.8, 4) is 0 Å². The SMILES string of the molecule is CNC(C)(C)CN(C)Cc1cc(C(C)C)ccc1C. The highest BCUT2D eigenvalue weighted by molar-refractivity contribution is 5.32. The fourth-order valence-electron chi connectivity index (χ4n) is 2.32. The molecule has 2 nitrogen and oxygen atoms in total. The quantitative estimate of drug-likeness (QED) is 0.843. The summed E-state index contributed by atoms with van der Waals surface area (Å²) in [6.07, 6.45) is 0. The Bertz CT molecular complexity index is 408. The van der Waals surface area contributed by atoms with Crippen LogP contribution in [0.15, 0.2) is 18.2 Å². The van der Waals surface area contributed by atoms with Crippen LogP contribution in [-0.4, -0.2) is 31.1 Å². The first-order valence-electron chi connectivity index (χ1n) is 7.22. The molecule has 0 bridgehead atoms. The number of hydrogen-bond acceptors (Lipinski definition) is 2. The van der Waals surface area contributed by atoms with Crippen LogP contribution >= 0.6 is 0 Å². The molecule has 0 fully saturated rings. The van der Waals surface area contributed by atoms with Crippen LogP contribution in [0.3, 0.4) is 0 Å². The van der Waals surface area contributed by atoms with Gasteiger partial charge in [-0.3, -0.25) is 0 Å². The smallest absolute Gasteiger partial charge is 0.0249 e. The van der Waals surface area contributed by atoms with Crippen molar-refractivity contribution in [2.24, 2.45) is 0 Å². The van der Waals surface area contributed by atoms with Gasteiger partial charge in [-0.2, -0.15) is 0 Å². The molecular weight excluding hydrogens is 232 g/mol. The average molecular weight is 262 g/mol. The molecule has 0 spiro atoms. The molecule has 2 heteroatoms. The molecule has 0 saturated carbocycles. The van der Waals surface area contributed by atoms with Crippen molar-refractivity contribution < 1.29 is 0 Å². The Morgan fingerprint density at radius 1 is 1.26 bits per heavy atom. The molecule has 108 valence electrons. The summed E-state index contributed by atoms with van der Waals surface area (Å²) in [5, 5.41) is 3.36. The van der Waals surface area contributed by atoms with Crippen molar-refractivity contribution >= 4 is 0 Å². The lowest BCUT2D eigenvalue weighted by Crippen LogP contribution is -2.46. The number of nitrogens with zero attached hydrogens (tertiary/aromatic N) is 1. The summed E-state index contributed by atoms with van der Waals surface area (Å²) < 4.78 is 0. The van der Waals surface area contributed by atoms with Crippen molar-refractivity contribution in [1.82, 2.24) is 10.2 Å². The van der Waals surface area contributed by atoms with Crippen molar-refractivity contribution in [3.05, 3.63) is 34.9 Å². The Morgan fingerprint density at radius 2 is 1.89 bits per heavy atom. The number of likely N-dealkylation sites (N-methyl/N-ethyl adjacent to an activating group) is 2. The minimum Gasteiger partial charge on any atom is -0.314 e. The minimum absolute atomic E-state index is 0.151. The lowest BCUT2D eigenvalue weighted by Gasteiger charge is -2.30. The zero-order valence-electron chi connectivity index (χ0n) is 13.7. The molecule has 19 heavy (non-hydrogen) atoms. The second kappa shape index (κ2) is 6.53. The first-order valence-corrected chi connectivity index (χ1v) is 7.22. The zero-order chi connectivity index (χ0) is 14.6. The van der Waals surface area contributed by atoms with E-state index in [4.69, 9.17) is 0 Å². The van der Waals surface area contributed by atoms with E-state index in [1.165, 1.54) is 16.7 Å². The van der Waals surface area contributed by atoms with Crippen LogP contribution in [0.1, 0.15) is 50.3 Å². The van der Waals surface area contributed by atoms with Gasteiger partial charge >= 0.3 is 0 Å². The highest BCUT2D eigenvalue weighted by Crippen LogP contribution is 2.20. The summed E-state index contributed by atoms with van der Waals surface area (Å²) in [4.78, 5) is 2.39. The second-order valence-electron chi connectivity index (χ2n) is 6.65. The van der Waals surface area contributed by atoms with Gasteiger partial charge in [0.05, 0.1) is 0 Å². The third kappa shape index (κ3) is 4.96. The molecule has 0 unspecified atom stereocenters. The lowest BCUT2D eigenvalue weighted by molar-refractivity contribution is 0.238. The molecule has 0 heterocycles. The van der Waals surface area contributed by atoms with Crippen molar-refractivity contribution in [3.63, 3.8) is 0 Å². The van der Waals surface area contributed by atoms with Gasteiger partial charge in [-0.15, -0.1) is 0 Å². The van der Waals surface area contributed by atoms with Gasteiger partial charge in [-0.1, -0.05) is 32.0 Å². The van der Waals surface area contributed by atoms with Crippen LogP contribution < -0.4 is 5.32 Å². The monoisotopic (exact) mass is 262 g/mol. The van der Waals surface area contributed by atoms with Crippen LogP contribution in [0.2, 0.25) is 0 Å². The van der Waals surface area contributed by atoms with Gasteiger partial charge in [0.1, 0.15) is 0 Å². The lowest BCUT2D eigenvalue weighted by atomic mass is 9.97. The third-order valence-electron chi connectivity index (χ3n) is 3.82. The molecule has 0 radical (unpaired) electrons. The van der Waals surface area contributed by atoms with Crippen molar-refractivity contribution in [1.29, 1.82) is 0 Å². The molecule has 1 aromatic rings. The molecule has 0 aliphatic heterocycles. The summed E-state index contributed by atoms with van der Waals surface area (Å²) in [5.41, 5.74) is 4.42. The highest BCUT2D eigenvalue weighted by atomic mass is 15.1. The molecule has 1 rings (SSSR count). The minimum atomic E-state index is 0.151. The predicted octanol–water partition coefficient (Wildman–Crippen LogP) is 3.55. The normalized spacial score (nSPS) is 12.5. The molecular formula is C17H30N2. The molecule has 0 aliphatic carbocycles. The molecule has 0 aromatic heterocycles. The second-order valence-corrected chi connectivity index (χ2v) is 6.65. The maximum Gasteiger partial charge on any atom is 0.0249 e. The van der Waals surface area contributed by atoms with E-state index in [9.17, 15) is 0 Å². The highest BCUT2D eigenvalue weighted by Gasteiger charge is 2.17. The van der Waals surface area contributed by atoms with Gasteiger partial charge in [0.15, 0.2) is 0 Å². The summed E-state index contributed by atoms with van der Waals surface area (Å²) in [7, 11) is 4.22. The van der Waals surface area contributed by atoms with Gasteiger partial charge in [0, 0.05) is 18.6 Å². The Balaban J connectivity index is 2.78. The van der Waals surface area contributed by atoms with Crippen LogP contribution in [0, 0.1) is 6.92 Å². The van der Waals surface area contributed by atoms with Gasteiger partial charge in [-0.05, 0) is 57.5 Å². The predicted molar refractivity (Wildman–Crippen MR) is 84.7 cm³/mol. The third-order valence-corrected chi connectivity index (χ3v) is 3.82. The van der Waals surface area contributed by atoms with E-state index in [-0.39, 0.29) is 5.54 Å². The first kappa shape index (κ1) is 16.2. The molecule has 1 aromatic carbocycles. The summed E-state index contributed by atoms with van der Waals surface area (Å²) >= 11 is 0. The van der Waals surface area contributed by atoms with Crippen LogP contribution in [0.25, 0.3) is 0 Å². The Hall–Kier alpha value is -0.860. The summed E-state index contributed by atoms with van der Waals surface area (Å²) in [5.74, 6) is 0.596. The van der Waals surface area contributed by atoms with E-state index in [1.807, 2.05) is 7.05 Å². The van der Waals surface area contributed by atoms with Crippen LogP contribution in [0.4, 0.5) is 0 Å². The van der Waals surface area contributed by atoms with Gasteiger partial charge < -0.3 is 10.2 Å². The number of hydrogen-bond donors (Lipinski definition) is 1. The Kier molecular flexibility index (Phi) is 5.57. The zero-order valence-corrected chi connectivity index (χ0v) is 13.7. The maximum atomic E-state index is 3.36. The number of aryl methyl sites for hydroxylation is 1. The van der Waals surface area contributed by atoms with E-state index < -0.39 is 0 Å². The Labute approximate surface area is 119 Å². The van der Waals surface area contributed by atoms with Crippen molar-refractivity contribution in [2.45, 2.75) is 52.6 Å². The summed E-state index contributed by atoms with van der Waals surface area (Å²) in [6.45, 7) is 13.2. The Morgan fingerprint density at radius 3 is 2.42 bits per heavy atom. The van der Waals surface area contributed by atoms with Gasteiger partial charge in [0.25, 0.3) is 0 Å². The fraction of sp³-hybridized carbons (Fsp3) is 0.647. The molecule has 0 saturated heterocycles. The van der Waals surface area contributed by atoms with E-state index in [0.29, 0.717) is 5.92 Å². The molecule has 0 atom stereocenters. The fourth-order valence-corrected chi connectivity index (χ4v) is 2.32. The number of rotatable bonds is 6. The molecule has 0 aliphatic rings. The van der Waals surface area contributed by atoms with Crippen molar-refractivity contribution in [2.75, 3.05) is 20.6 Å². The topological polar surface area (TPSA) is 15.3 Å².